The molecule has 1 atom stereocenters. The van der Waals surface area contributed by atoms with Crippen molar-refractivity contribution in [2.45, 2.75) is 32.9 Å². The number of benzene rings is 1. The highest BCUT2D eigenvalue weighted by Crippen LogP contribution is 2.17. The Morgan fingerprint density at radius 3 is 2.62 bits per heavy atom. The molecule has 2 N–H and O–H groups in total. The van der Waals surface area contributed by atoms with Gasteiger partial charge in [0.2, 0.25) is 0 Å². The van der Waals surface area contributed by atoms with Crippen molar-refractivity contribution in [3.8, 4) is 0 Å². The first kappa shape index (κ1) is 19.9. The molecule has 142 valence electrons. The van der Waals surface area contributed by atoms with Gasteiger partial charge in [0.1, 0.15) is 12.2 Å². The molecule has 26 heavy (non-hydrogen) atoms. The number of rotatable bonds is 9. The van der Waals surface area contributed by atoms with Crippen molar-refractivity contribution in [3.63, 3.8) is 0 Å². The summed E-state index contributed by atoms with van der Waals surface area (Å²) in [6, 6.07) is 10.7. The second-order valence-electron chi connectivity index (χ2n) is 6.33. The predicted octanol–water partition coefficient (Wildman–Crippen LogP) is 1.70. The summed E-state index contributed by atoms with van der Waals surface area (Å²) >= 11 is 0. The van der Waals surface area contributed by atoms with Crippen LogP contribution in [-0.4, -0.2) is 59.4 Å². The molecular weight excluding hydrogens is 326 g/mol. The first-order chi connectivity index (χ1) is 12.7. The number of nitrogens with one attached hydrogen (secondary N) is 2. The third-order valence-corrected chi connectivity index (χ3v) is 4.23. The molecule has 0 aliphatic carbocycles. The number of hydrogen-bond acceptors (Lipinski definition) is 4. The molecule has 0 saturated heterocycles. The van der Waals surface area contributed by atoms with E-state index in [1.807, 2.05) is 6.07 Å². The standard InChI is InChI=1S/C19H31N7/c1-5-18-24-23-15-26(18)13-12-21-19(20-6-2)22-14-17(25(3)4)16-10-8-7-9-11-16/h7-11,15,17H,5-6,12-14H2,1-4H3,(H2,20,21,22). The van der Waals surface area contributed by atoms with Gasteiger partial charge in [-0.3, -0.25) is 4.99 Å². The Labute approximate surface area is 156 Å². The van der Waals surface area contributed by atoms with E-state index in [1.165, 1.54) is 5.56 Å². The fourth-order valence-corrected chi connectivity index (χ4v) is 2.80. The van der Waals surface area contributed by atoms with Crippen LogP contribution in [0, 0.1) is 0 Å². The Morgan fingerprint density at radius 2 is 1.96 bits per heavy atom. The van der Waals surface area contributed by atoms with E-state index in [0.717, 1.165) is 37.8 Å². The number of aliphatic imine (C=N–C) groups is 1. The molecule has 1 aromatic heterocycles. The molecule has 0 aliphatic heterocycles. The molecule has 0 radical (unpaired) electrons. The van der Waals surface area contributed by atoms with Gasteiger partial charge in [-0.25, -0.2) is 0 Å². The number of likely N-dealkylation sites (N-methyl/N-ethyl adjacent to an activating group) is 1. The van der Waals surface area contributed by atoms with Crippen molar-refractivity contribution in [2.75, 3.05) is 33.7 Å². The summed E-state index contributed by atoms with van der Waals surface area (Å²) < 4.78 is 2.07. The van der Waals surface area contributed by atoms with E-state index < -0.39 is 0 Å². The Hall–Kier alpha value is -2.41. The van der Waals surface area contributed by atoms with E-state index in [-0.39, 0.29) is 6.04 Å². The summed E-state index contributed by atoms with van der Waals surface area (Å²) in [6.07, 6.45) is 2.66. The maximum Gasteiger partial charge on any atom is 0.191 e. The van der Waals surface area contributed by atoms with Crippen LogP contribution in [0.25, 0.3) is 0 Å². The van der Waals surface area contributed by atoms with Gasteiger partial charge in [-0.2, -0.15) is 0 Å². The molecule has 1 aromatic carbocycles. The smallest absolute Gasteiger partial charge is 0.191 e. The van der Waals surface area contributed by atoms with E-state index in [0.29, 0.717) is 6.54 Å². The normalized spacial score (nSPS) is 13.0. The van der Waals surface area contributed by atoms with E-state index in [9.17, 15) is 0 Å². The maximum atomic E-state index is 4.79. The number of hydrogen-bond donors (Lipinski definition) is 2. The van der Waals surface area contributed by atoms with Crippen LogP contribution in [0.1, 0.15) is 31.3 Å². The Morgan fingerprint density at radius 1 is 1.19 bits per heavy atom. The van der Waals surface area contributed by atoms with Gasteiger partial charge in [0, 0.05) is 26.1 Å². The van der Waals surface area contributed by atoms with E-state index >= 15 is 0 Å². The molecule has 0 saturated carbocycles. The summed E-state index contributed by atoms with van der Waals surface area (Å²) in [4.78, 5) is 6.99. The minimum absolute atomic E-state index is 0.246. The van der Waals surface area contributed by atoms with E-state index in [1.54, 1.807) is 6.33 Å². The molecule has 0 amide bonds. The van der Waals surface area contributed by atoms with Crippen LogP contribution in [0.3, 0.4) is 0 Å². The molecule has 0 fully saturated rings. The molecule has 7 heteroatoms. The average molecular weight is 358 g/mol. The third-order valence-electron chi connectivity index (χ3n) is 4.23. The molecule has 1 heterocycles. The molecule has 2 rings (SSSR count). The molecule has 1 unspecified atom stereocenters. The SMILES string of the molecule is CCNC(=NCC(c1ccccc1)N(C)C)NCCn1cnnc1CC. The van der Waals surface area contributed by atoms with Crippen LogP contribution < -0.4 is 10.6 Å². The highest BCUT2D eigenvalue weighted by atomic mass is 15.3. The molecule has 7 nitrogen and oxygen atoms in total. The number of aryl methyl sites for hydroxylation is 1. The van der Waals surface area contributed by atoms with Crippen molar-refractivity contribution >= 4 is 5.96 Å². The molecule has 2 aromatic rings. The van der Waals surface area contributed by atoms with Crippen LogP contribution in [0.2, 0.25) is 0 Å². The lowest BCUT2D eigenvalue weighted by Crippen LogP contribution is -2.39. The van der Waals surface area contributed by atoms with Crippen LogP contribution in [-0.2, 0) is 13.0 Å². The van der Waals surface area contributed by atoms with E-state index in [4.69, 9.17) is 4.99 Å². The summed E-state index contributed by atoms with van der Waals surface area (Å²) in [7, 11) is 4.18. The Kier molecular flexibility index (Phi) is 8.08. The number of aromatic nitrogens is 3. The number of nitrogens with zero attached hydrogens (tertiary/aromatic N) is 5. The second-order valence-corrected chi connectivity index (χ2v) is 6.33. The van der Waals surface area contributed by atoms with Gasteiger partial charge in [0.05, 0.1) is 12.6 Å². The van der Waals surface area contributed by atoms with E-state index in [2.05, 4.69) is 82.5 Å². The average Bonchev–Trinajstić information content (AvgIpc) is 3.10. The van der Waals surface area contributed by atoms with Gasteiger partial charge in [-0.05, 0) is 26.6 Å². The summed E-state index contributed by atoms with van der Waals surface area (Å²) in [5.74, 6) is 1.84. The Bertz CT molecular complexity index is 664. The lowest BCUT2D eigenvalue weighted by atomic mass is 10.1. The quantitative estimate of drug-likeness (QED) is 0.528. The van der Waals surface area contributed by atoms with Crippen LogP contribution in [0.5, 0.6) is 0 Å². The minimum Gasteiger partial charge on any atom is -0.357 e. The van der Waals surface area contributed by atoms with Gasteiger partial charge < -0.3 is 20.1 Å². The van der Waals surface area contributed by atoms with Gasteiger partial charge in [-0.15, -0.1) is 10.2 Å². The largest absolute Gasteiger partial charge is 0.357 e. The predicted molar refractivity (Wildman–Crippen MR) is 106 cm³/mol. The fourth-order valence-electron chi connectivity index (χ4n) is 2.80. The molecule has 0 spiro atoms. The zero-order valence-corrected chi connectivity index (χ0v) is 16.3. The highest BCUT2D eigenvalue weighted by molar-refractivity contribution is 5.79. The zero-order valence-electron chi connectivity index (χ0n) is 16.3. The van der Waals surface area contributed by atoms with Crippen LogP contribution >= 0.6 is 0 Å². The second kappa shape index (κ2) is 10.6. The van der Waals surface area contributed by atoms with Crippen molar-refractivity contribution in [3.05, 3.63) is 48.0 Å². The minimum atomic E-state index is 0.246. The molecular formula is C19H31N7. The van der Waals surface area contributed by atoms with Crippen LogP contribution in [0.15, 0.2) is 41.7 Å². The maximum absolute atomic E-state index is 4.79. The Balaban J connectivity index is 1.96. The van der Waals surface area contributed by atoms with Crippen molar-refractivity contribution in [2.24, 2.45) is 4.99 Å². The summed E-state index contributed by atoms with van der Waals surface area (Å²) in [5.41, 5.74) is 1.27. The monoisotopic (exact) mass is 357 g/mol. The topological polar surface area (TPSA) is 70.4 Å². The fraction of sp³-hybridized carbons (Fsp3) is 0.526. The lowest BCUT2D eigenvalue weighted by Gasteiger charge is -2.23. The van der Waals surface area contributed by atoms with Crippen molar-refractivity contribution in [1.29, 1.82) is 0 Å². The summed E-state index contributed by atoms with van der Waals surface area (Å²) in [6.45, 7) is 7.28. The lowest BCUT2D eigenvalue weighted by molar-refractivity contribution is 0.306. The van der Waals surface area contributed by atoms with Crippen LogP contribution in [0.4, 0.5) is 0 Å². The van der Waals surface area contributed by atoms with Crippen molar-refractivity contribution in [1.82, 2.24) is 30.3 Å². The molecule has 0 bridgehead atoms. The molecule has 0 aliphatic rings. The van der Waals surface area contributed by atoms with Gasteiger partial charge in [0.25, 0.3) is 0 Å². The summed E-state index contributed by atoms with van der Waals surface area (Å²) in [5, 5.41) is 14.8. The zero-order chi connectivity index (χ0) is 18.8. The van der Waals surface area contributed by atoms with Gasteiger partial charge in [0.15, 0.2) is 5.96 Å². The van der Waals surface area contributed by atoms with Gasteiger partial charge in [-0.1, -0.05) is 37.3 Å². The van der Waals surface area contributed by atoms with Gasteiger partial charge >= 0.3 is 0 Å². The first-order valence-electron chi connectivity index (χ1n) is 9.25. The number of guanidine groups is 1. The van der Waals surface area contributed by atoms with Crippen molar-refractivity contribution < 1.29 is 0 Å². The third kappa shape index (κ3) is 5.84. The highest BCUT2D eigenvalue weighted by Gasteiger charge is 2.13. The first-order valence-corrected chi connectivity index (χ1v) is 9.25.